The summed E-state index contributed by atoms with van der Waals surface area (Å²) < 4.78 is 15.6. The molecule has 0 N–H and O–H groups in total. The highest BCUT2D eigenvalue weighted by Gasteiger charge is 2.24. The van der Waals surface area contributed by atoms with E-state index < -0.39 is 0 Å². The van der Waals surface area contributed by atoms with Crippen LogP contribution in [0.15, 0.2) is 219 Å². The molecule has 13 rings (SSSR count). The number of aliphatic imine (C=N–C) groups is 2. The lowest BCUT2D eigenvalue weighted by Gasteiger charge is -2.18. The maximum atomic E-state index is 6.81. The van der Waals surface area contributed by atoms with Crippen LogP contribution in [0.25, 0.3) is 99.0 Å². The van der Waals surface area contributed by atoms with Gasteiger partial charge in [-0.25, -0.2) is 9.98 Å². The molecule has 12 aromatic rings. The summed E-state index contributed by atoms with van der Waals surface area (Å²) in [5.74, 6) is 0.654. The Morgan fingerprint density at radius 3 is 1.89 bits per heavy atom. The van der Waals surface area contributed by atoms with Crippen molar-refractivity contribution in [1.29, 1.82) is 0 Å². The van der Waals surface area contributed by atoms with Crippen molar-refractivity contribution in [2.75, 3.05) is 0 Å². The fraction of sp³-hybridized carbons (Fsp3) is 0.0508. The van der Waals surface area contributed by atoms with Crippen LogP contribution in [0.4, 0.5) is 0 Å². The molecule has 302 valence electrons. The van der Waals surface area contributed by atoms with Gasteiger partial charge < -0.3 is 13.4 Å². The average molecular weight is 822 g/mol. The molecular formula is C59H39N3O2. The molecular weight excluding hydrogens is 783 g/mol. The van der Waals surface area contributed by atoms with Gasteiger partial charge in [0.25, 0.3) is 0 Å². The van der Waals surface area contributed by atoms with Crippen LogP contribution in [-0.2, 0) is 0 Å². The summed E-state index contributed by atoms with van der Waals surface area (Å²) >= 11 is 0. The Balaban J connectivity index is 1.08. The second-order valence-electron chi connectivity index (χ2n) is 16.9. The molecule has 9 aromatic carbocycles. The standard InChI is InChI=1S/C59H39N3O2/c1-36-29-30-48(44-24-14-28-54-56(44)45-22-8-11-26-52(45)63-54)60-59(41-20-13-19-38(31-41)37-15-3-2-4-16-37)61-58(36)42-34-51(57-46-23-9-12-27-53(46)64-55(57)35-42)62-49-25-10-7-21-43(49)47-32-39-17-5-6-18-40(39)33-50(47)62/h2-28,31-35H,29-30H2,1H3/b58-36+,60-48+,61-59-. The molecule has 0 fully saturated rings. The molecule has 4 heterocycles. The number of hydrogen-bond donors (Lipinski definition) is 0. The average Bonchev–Trinajstić information content (AvgIpc) is 4.02. The van der Waals surface area contributed by atoms with Crippen molar-refractivity contribution in [3.05, 3.63) is 216 Å². The molecule has 0 saturated carbocycles. The Bertz CT molecular complexity index is 3970. The molecule has 64 heavy (non-hydrogen) atoms. The largest absolute Gasteiger partial charge is 0.456 e. The third-order valence-electron chi connectivity index (χ3n) is 13.1. The lowest BCUT2D eigenvalue weighted by molar-refractivity contribution is 0.668. The normalized spacial score (nSPS) is 16.5. The quantitative estimate of drug-likeness (QED) is 0.174. The predicted molar refractivity (Wildman–Crippen MR) is 266 cm³/mol. The van der Waals surface area contributed by atoms with Crippen LogP contribution in [0, 0.1) is 0 Å². The molecule has 5 nitrogen and oxygen atoms in total. The summed E-state index contributed by atoms with van der Waals surface area (Å²) in [7, 11) is 0. The van der Waals surface area contributed by atoms with Crippen LogP contribution in [0.5, 0.6) is 0 Å². The molecule has 0 bridgehead atoms. The van der Waals surface area contributed by atoms with Gasteiger partial charge in [0, 0.05) is 43.6 Å². The van der Waals surface area contributed by atoms with E-state index in [-0.39, 0.29) is 0 Å². The topological polar surface area (TPSA) is 55.9 Å². The molecule has 0 saturated heterocycles. The lowest BCUT2D eigenvalue weighted by Crippen LogP contribution is -2.11. The van der Waals surface area contributed by atoms with Crippen LogP contribution < -0.4 is 0 Å². The molecule has 0 aliphatic carbocycles. The van der Waals surface area contributed by atoms with Gasteiger partial charge in [0.1, 0.15) is 22.3 Å². The SMILES string of the molecule is C\C1=C(c2cc(-n3c4ccccc4c4cc5ccccc5cc43)c3c(c2)oc2ccccc23)/N=C(c2cccc(-c3ccccc3)c2)\N=C(\c2cccc3oc4ccccc4c23)CC1. The Morgan fingerprint density at radius 2 is 1.06 bits per heavy atom. The van der Waals surface area contributed by atoms with Gasteiger partial charge >= 0.3 is 0 Å². The van der Waals surface area contributed by atoms with E-state index in [9.17, 15) is 0 Å². The number of allylic oxidation sites excluding steroid dienone is 1. The maximum Gasteiger partial charge on any atom is 0.160 e. The zero-order chi connectivity index (χ0) is 42.3. The van der Waals surface area contributed by atoms with Gasteiger partial charge in [-0.2, -0.15) is 0 Å². The second kappa shape index (κ2) is 14.4. The van der Waals surface area contributed by atoms with Gasteiger partial charge in [-0.15, -0.1) is 0 Å². The smallest absolute Gasteiger partial charge is 0.160 e. The zero-order valence-corrected chi connectivity index (χ0v) is 35.0. The minimum Gasteiger partial charge on any atom is -0.456 e. The second-order valence-corrected chi connectivity index (χ2v) is 16.9. The number of fused-ring (bicyclic) bond motifs is 10. The highest BCUT2D eigenvalue weighted by Crippen LogP contribution is 2.43. The summed E-state index contributed by atoms with van der Waals surface area (Å²) in [6.45, 7) is 2.22. The van der Waals surface area contributed by atoms with Gasteiger partial charge in [0.2, 0.25) is 0 Å². The Hall–Kier alpha value is -8.28. The molecule has 3 aromatic heterocycles. The monoisotopic (exact) mass is 821 g/mol. The summed E-state index contributed by atoms with van der Waals surface area (Å²) in [5.41, 5.74) is 15.0. The van der Waals surface area contributed by atoms with Gasteiger partial charge in [-0.05, 0) is 102 Å². The van der Waals surface area contributed by atoms with E-state index in [2.05, 4.69) is 187 Å². The number of furan rings is 2. The van der Waals surface area contributed by atoms with Crippen molar-refractivity contribution < 1.29 is 8.83 Å². The van der Waals surface area contributed by atoms with E-state index in [1.807, 2.05) is 18.2 Å². The van der Waals surface area contributed by atoms with E-state index >= 15 is 0 Å². The Morgan fingerprint density at radius 1 is 0.422 bits per heavy atom. The number of para-hydroxylation sites is 3. The van der Waals surface area contributed by atoms with Crippen molar-refractivity contribution in [2.45, 2.75) is 19.8 Å². The number of amidine groups is 1. The van der Waals surface area contributed by atoms with Crippen LogP contribution >= 0.6 is 0 Å². The van der Waals surface area contributed by atoms with Crippen molar-refractivity contribution in [1.82, 2.24) is 4.57 Å². The Kier molecular flexibility index (Phi) is 8.19. The lowest BCUT2D eigenvalue weighted by atomic mass is 9.94. The first-order chi connectivity index (χ1) is 31.6. The highest BCUT2D eigenvalue weighted by atomic mass is 16.3. The molecule has 0 atom stereocenters. The molecule has 0 amide bonds. The first-order valence-electron chi connectivity index (χ1n) is 21.9. The number of aromatic nitrogens is 1. The minimum atomic E-state index is 0.654. The van der Waals surface area contributed by atoms with Crippen LogP contribution in [0.3, 0.4) is 0 Å². The molecule has 1 aliphatic rings. The number of benzene rings is 9. The van der Waals surface area contributed by atoms with Crippen molar-refractivity contribution in [3.8, 4) is 16.8 Å². The van der Waals surface area contributed by atoms with E-state index in [4.69, 9.17) is 18.8 Å². The Labute approximate surface area is 368 Å². The summed E-state index contributed by atoms with van der Waals surface area (Å²) in [6.07, 6.45) is 1.47. The van der Waals surface area contributed by atoms with E-state index in [1.165, 1.54) is 27.1 Å². The molecule has 0 unspecified atom stereocenters. The number of rotatable bonds is 5. The minimum absolute atomic E-state index is 0.654. The first kappa shape index (κ1) is 36.4. The van der Waals surface area contributed by atoms with E-state index in [0.717, 1.165) is 106 Å². The molecule has 1 aliphatic heterocycles. The van der Waals surface area contributed by atoms with Crippen molar-refractivity contribution in [2.24, 2.45) is 9.98 Å². The molecule has 5 heteroatoms. The van der Waals surface area contributed by atoms with Crippen LogP contribution in [0.2, 0.25) is 0 Å². The molecule has 0 radical (unpaired) electrons. The van der Waals surface area contributed by atoms with Gasteiger partial charge in [-0.3, -0.25) is 0 Å². The first-order valence-corrected chi connectivity index (χ1v) is 21.9. The van der Waals surface area contributed by atoms with E-state index in [0.29, 0.717) is 12.3 Å². The van der Waals surface area contributed by atoms with Gasteiger partial charge in [-0.1, -0.05) is 140 Å². The summed E-state index contributed by atoms with van der Waals surface area (Å²) in [5, 5.41) is 9.14. The summed E-state index contributed by atoms with van der Waals surface area (Å²) in [4.78, 5) is 11.3. The fourth-order valence-corrected chi connectivity index (χ4v) is 10.0. The summed E-state index contributed by atoms with van der Waals surface area (Å²) in [6, 6.07) is 68.6. The van der Waals surface area contributed by atoms with Crippen molar-refractivity contribution in [3.63, 3.8) is 0 Å². The number of nitrogens with zero attached hydrogens (tertiary/aromatic N) is 3. The third kappa shape index (κ3) is 5.78. The fourth-order valence-electron chi connectivity index (χ4n) is 10.0. The number of hydrogen-bond acceptors (Lipinski definition) is 4. The molecule has 0 spiro atoms. The zero-order valence-electron chi connectivity index (χ0n) is 35.0. The van der Waals surface area contributed by atoms with Crippen molar-refractivity contribution >= 4 is 93.7 Å². The van der Waals surface area contributed by atoms with Gasteiger partial charge in [0.15, 0.2) is 5.84 Å². The van der Waals surface area contributed by atoms with Gasteiger partial charge in [0.05, 0.1) is 33.5 Å². The van der Waals surface area contributed by atoms with E-state index in [1.54, 1.807) is 0 Å². The third-order valence-corrected chi connectivity index (χ3v) is 13.1. The van der Waals surface area contributed by atoms with Crippen LogP contribution in [-0.4, -0.2) is 16.1 Å². The predicted octanol–water partition coefficient (Wildman–Crippen LogP) is 15.9. The van der Waals surface area contributed by atoms with Crippen LogP contribution in [0.1, 0.15) is 36.5 Å². The maximum absolute atomic E-state index is 6.81. The highest BCUT2D eigenvalue weighted by molar-refractivity contribution is 6.23.